The van der Waals surface area contributed by atoms with E-state index in [0.29, 0.717) is 17.5 Å². The first-order valence-electron chi connectivity index (χ1n) is 6.38. The summed E-state index contributed by atoms with van der Waals surface area (Å²) in [5.41, 5.74) is 0. The standard InChI is InChI=1S/C14H16N4OS2/c1-3-8-15-13(19)10(2)21-14-16-12(17-18-14)7-6-11-5-4-9-20-11/h3-7,9-10H,1,8H2,2H3,(H,15,19)(H,16,17,18)/b7-6+. The van der Waals surface area contributed by atoms with Gasteiger partial charge in [-0.15, -0.1) is 23.0 Å². The number of thiophene rings is 1. The third kappa shape index (κ3) is 4.87. The van der Waals surface area contributed by atoms with E-state index < -0.39 is 0 Å². The summed E-state index contributed by atoms with van der Waals surface area (Å²) < 4.78 is 0. The van der Waals surface area contributed by atoms with Crippen LogP contribution in [0.5, 0.6) is 0 Å². The zero-order valence-corrected chi connectivity index (χ0v) is 13.2. The van der Waals surface area contributed by atoms with Gasteiger partial charge in [0.1, 0.15) is 5.82 Å². The second kappa shape index (κ2) is 7.80. The predicted octanol–water partition coefficient (Wildman–Crippen LogP) is 2.82. The van der Waals surface area contributed by atoms with Gasteiger partial charge >= 0.3 is 0 Å². The molecular weight excluding hydrogens is 304 g/mol. The molecule has 7 heteroatoms. The van der Waals surface area contributed by atoms with Crippen molar-refractivity contribution in [3.63, 3.8) is 0 Å². The van der Waals surface area contributed by atoms with E-state index in [9.17, 15) is 4.79 Å². The Morgan fingerprint density at radius 3 is 3.19 bits per heavy atom. The lowest BCUT2D eigenvalue weighted by atomic mass is 10.4. The van der Waals surface area contributed by atoms with Crippen molar-refractivity contribution in [2.75, 3.05) is 6.54 Å². The van der Waals surface area contributed by atoms with E-state index >= 15 is 0 Å². The lowest BCUT2D eigenvalue weighted by Crippen LogP contribution is -2.30. The van der Waals surface area contributed by atoms with Crippen LogP contribution in [-0.2, 0) is 4.79 Å². The summed E-state index contributed by atoms with van der Waals surface area (Å²) in [6.45, 7) is 5.85. The number of aromatic amines is 1. The smallest absolute Gasteiger partial charge is 0.233 e. The third-order valence-corrected chi connectivity index (χ3v) is 4.30. The topological polar surface area (TPSA) is 70.7 Å². The Balaban J connectivity index is 1.90. The van der Waals surface area contributed by atoms with E-state index in [0.717, 1.165) is 4.88 Å². The highest BCUT2D eigenvalue weighted by molar-refractivity contribution is 8.00. The summed E-state index contributed by atoms with van der Waals surface area (Å²) in [6, 6.07) is 4.02. The number of H-pyrrole nitrogens is 1. The van der Waals surface area contributed by atoms with E-state index in [2.05, 4.69) is 27.1 Å². The van der Waals surface area contributed by atoms with Gasteiger partial charge in [0.25, 0.3) is 0 Å². The molecule has 0 aromatic carbocycles. The number of nitrogens with one attached hydrogen (secondary N) is 2. The second-order valence-corrected chi connectivity index (χ2v) is 6.43. The van der Waals surface area contributed by atoms with Gasteiger partial charge in [0.2, 0.25) is 11.1 Å². The molecule has 1 atom stereocenters. The van der Waals surface area contributed by atoms with Gasteiger partial charge in [-0.25, -0.2) is 4.98 Å². The maximum Gasteiger partial charge on any atom is 0.233 e. The van der Waals surface area contributed by atoms with Crippen molar-refractivity contribution in [3.05, 3.63) is 40.9 Å². The fourth-order valence-corrected chi connectivity index (χ4v) is 2.83. The minimum absolute atomic E-state index is 0.0552. The third-order valence-electron chi connectivity index (χ3n) is 2.50. The molecule has 5 nitrogen and oxygen atoms in total. The lowest BCUT2D eigenvalue weighted by Gasteiger charge is -2.07. The van der Waals surface area contributed by atoms with Gasteiger partial charge in [-0.3, -0.25) is 9.89 Å². The average Bonchev–Trinajstić information content (AvgIpc) is 3.13. The Kier molecular flexibility index (Phi) is 5.77. The zero-order valence-electron chi connectivity index (χ0n) is 11.6. The largest absolute Gasteiger partial charge is 0.352 e. The van der Waals surface area contributed by atoms with Gasteiger partial charge in [0, 0.05) is 11.4 Å². The molecule has 0 fully saturated rings. The van der Waals surface area contributed by atoms with Crippen LogP contribution >= 0.6 is 23.1 Å². The molecule has 2 aromatic heterocycles. The highest BCUT2D eigenvalue weighted by Gasteiger charge is 2.15. The number of carbonyl (C=O) groups is 1. The van der Waals surface area contributed by atoms with Crippen LogP contribution in [0, 0.1) is 0 Å². The molecule has 0 bridgehead atoms. The summed E-state index contributed by atoms with van der Waals surface area (Å²) >= 11 is 2.97. The van der Waals surface area contributed by atoms with E-state index in [-0.39, 0.29) is 11.2 Å². The highest BCUT2D eigenvalue weighted by Crippen LogP contribution is 2.19. The van der Waals surface area contributed by atoms with E-state index in [4.69, 9.17) is 0 Å². The monoisotopic (exact) mass is 320 g/mol. The average molecular weight is 320 g/mol. The number of aromatic nitrogens is 3. The highest BCUT2D eigenvalue weighted by atomic mass is 32.2. The number of carbonyl (C=O) groups excluding carboxylic acids is 1. The van der Waals surface area contributed by atoms with Crippen LogP contribution in [0.4, 0.5) is 0 Å². The number of hydrogen-bond acceptors (Lipinski definition) is 5. The van der Waals surface area contributed by atoms with Crippen LogP contribution in [0.1, 0.15) is 17.6 Å². The first-order valence-corrected chi connectivity index (χ1v) is 8.14. The minimum Gasteiger partial charge on any atom is -0.352 e. The van der Waals surface area contributed by atoms with Crippen molar-refractivity contribution < 1.29 is 4.79 Å². The second-order valence-electron chi connectivity index (χ2n) is 4.15. The van der Waals surface area contributed by atoms with Crippen molar-refractivity contribution >= 4 is 41.2 Å². The Morgan fingerprint density at radius 1 is 1.62 bits per heavy atom. The normalized spacial score (nSPS) is 12.4. The van der Waals surface area contributed by atoms with Crippen LogP contribution in [0.3, 0.4) is 0 Å². The molecule has 2 heterocycles. The minimum atomic E-state index is -0.255. The maximum atomic E-state index is 11.7. The molecule has 0 radical (unpaired) electrons. The van der Waals surface area contributed by atoms with Gasteiger partial charge in [-0.2, -0.15) is 0 Å². The first kappa shape index (κ1) is 15.5. The van der Waals surface area contributed by atoms with Gasteiger partial charge < -0.3 is 5.32 Å². The Hall–Kier alpha value is -1.86. The van der Waals surface area contributed by atoms with Crippen LogP contribution < -0.4 is 5.32 Å². The van der Waals surface area contributed by atoms with Crippen LogP contribution in [0.25, 0.3) is 12.2 Å². The number of amides is 1. The van der Waals surface area contributed by atoms with Crippen molar-refractivity contribution in [1.29, 1.82) is 0 Å². The van der Waals surface area contributed by atoms with E-state index in [1.54, 1.807) is 17.4 Å². The van der Waals surface area contributed by atoms with E-state index in [1.807, 2.05) is 36.6 Å². The predicted molar refractivity (Wildman–Crippen MR) is 88.2 cm³/mol. The number of hydrogen-bond donors (Lipinski definition) is 2. The summed E-state index contributed by atoms with van der Waals surface area (Å²) in [5, 5.41) is 12.0. The van der Waals surface area contributed by atoms with Crippen molar-refractivity contribution in [2.45, 2.75) is 17.3 Å². The summed E-state index contributed by atoms with van der Waals surface area (Å²) in [6.07, 6.45) is 5.49. The maximum absolute atomic E-state index is 11.7. The molecule has 0 aliphatic rings. The molecular formula is C14H16N4OS2. The summed E-state index contributed by atoms with van der Waals surface area (Å²) in [5.74, 6) is 0.616. The fourth-order valence-electron chi connectivity index (χ4n) is 1.46. The van der Waals surface area contributed by atoms with Crippen molar-refractivity contribution in [2.24, 2.45) is 0 Å². The summed E-state index contributed by atoms with van der Waals surface area (Å²) in [7, 11) is 0. The van der Waals surface area contributed by atoms with Crippen molar-refractivity contribution in [1.82, 2.24) is 20.5 Å². The van der Waals surface area contributed by atoms with Crippen LogP contribution in [0.15, 0.2) is 35.3 Å². The van der Waals surface area contributed by atoms with Gasteiger partial charge in [-0.05, 0) is 30.5 Å². The first-order chi connectivity index (χ1) is 10.2. The molecule has 2 aromatic rings. The fraction of sp³-hybridized carbons (Fsp3) is 0.214. The molecule has 1 amide bonds. The van der Waals surface area contributed by atoms with Gasteiger partial charge in [0.05, 0.1) is 5.25 Å². The molecule has 1 unspecified atom stereocenters. The summed E-state index contributed by atoms with van der Waals surface area (Å²) in [4.78, 5) is 17.2. The molecule has 0 saturated heterocycles. The lowest BCUT2D eigenvalue weighted by molar-refractivity contribution is -0.120. The molecule has 0 saturated carbocycles. The molecule has 0 aliphatic carbocycles. The van der Waals surface area contributed by atoms with Gasteiger partial charge in [0.15, 0.2) is 0 Å². The Bertz CT molecular complexity index is 619. The number of thioether (sulfide) groups is 1. The Morgan fingerprint density at radius 2 is 2.48 bits per heavy atom. The molecule has 2 rings (SSSR count). The Labute approximate surface area is 131 Å². The van der Waals surface area contributed by atoms with Crippen LogP contribution in [-0.4, -0.2) is 32.9 Å². The SMILES string of the molecule is C=CCNC(=O)C(C)Sc1n[nH]c(/C=C/c2cccs2)n1. The van der Waals surface area contributed by atoms with Gasteiger partial charge in [-0.1, -0.05) is 23.9 Å². The van der Waals surface area contributed by atoms with Crippen LogP contribution in [0.2, 0.25) is 0 Å². The molecule has 0 spiro atoms. The number of rotatable bonds is 7. The van der Waals surface area contributed by atoms with E-state index in [1.165, 1.54) is 11.8 Å². The molecule has 110 valence electrons. The molecule has 2 N–H and O–H groups in total. The quantitative estimate of drug-likeness (QED) is 0.608. The van der Waals surface area contributed by atoms with Crippen molar-refractivity contribution in [3.8, 4) is 0 Å². The zero-order chi connectivity index (χ0) is 15.1. The molecule has 21 heavy (non-hydrogen) atoms. The number of nitrogens with zero attached hydrogens (tertiary/aromatic N) is 2. The molecule has 0 aliphatic heterocycles.